The summed E-state index contributed by atoms with van der Waals surface area (Å²) in [5.74, 6) is -3.07. The second kappa shape index (κ2) is 3.03. The van der Waals surface area contributed by atoms with Gasteiger partial charge >= 0.3 is 0 Å². The lowest BCUT2D eigenvalue weighted by molar-refractivity contribution is -0.0450. The Labute approximate surface area is 105 Å². The lowest BCUT2D eigenvalue weighted by Gasteiger charge is -2.30. The number of nitrogens with one attached hydrogen (secondary N) is 1. The van der Waals surface area contributed by atoms with Crippen LogP contribution in [0.3, 0.4) is 0 Å². The van der Waals surface area contributed by atoms with Gasteiger partial charge in [-0.1, -0.05) is 0 Å². The van der Waals surface area contributed by atoms with Crippen molar-refractivity contribution in [1.82, 2.24) is 5.32 Å². The molecule has 2 aliphatic heterocycles. The predicted octanol–water partition coefficient (Wildman–Crippen LogP) is 3.03. The molecule has 2 aliphatic carbocycles. The summed E-state index contributed by atoms with van der Waals surface area (Å²) in [7, 11) is 0. The fourth-order valence-electron chi connectivity index (χ4n) is 3.85. The number of alkyl halides is 2. The smallest absolute Gasteiger partial charge is 0.248 e. The summed E-state index contributed by atoms with van der Waals surface area (Å²) in [4.78, 5) is 4.45. The van der Waals surface area contributed by atoms with E-state index in [0.717, 1.165) is 19.8 Å². The van der Waals surface area contributed by atoms with Gasteiger partial charge in [0.1, 0.15) is 0 Å². The highest BCUT2D eigenvalue weighted by molar-refractivity contribution is 5.78. The Morgan fingerprint density at radius 1 is 1.50 bits per heavy atom. The average molecular weight is 250 g/mol. The van der Waals surface area contributed by atoms with Crippen molar-refractivity contribution in [2.75, 3.05) is 0 Å². The van der Waals surface area contributed by atoms with Crippen LogP contribution in [0.15, 0.2) is 28.0 Å². The molecule has 18 heavy (non-hydrogen) atoms. The molecule has 4 heteroatoms. The molecular formula is C14H16F2N2. The highest BCUT2D eigenvalue weighted by Gasteiger charge is 2.64. The number of hydrogen-bond acceptors (Lipinski definition) is 2. The summed E-state index contributed by atoms with van der Waals surface area (Å²) in [6.07, 6.45) is 6.75. The van der Waals surface area contributed by atoms with E-state index in [1.165, 1.54) is 17.0 Å². The van der Waals surface area contributed by atoms with Gasteiger partial charge < -0.3 is 5.32 Å². The molecule has 1 N–H and O–H groups in total. The molecule has 0 radical (unpaired) electrons. The van der Waals surface area contributed by atoms with Gasteiger partial charge in [-0.3, -0.25) is 4.99 Å². The van der Waals surface area contributed by atoms with Crippen LogP contribution >= 0.6 is 0 Å². The van der Waals surface area contributed by atoms with Gasteiger partial charge in [0.25, 0.3) is 0 Å². The fraction of sp³-hybridized carbons (Fsp3) is 0.643. The Bertz CT molecular complexity index is 512. The third-order valence-electron chi connectivity index (χ3n) is 5.01. The van der Waals surface area contributed by atoms with Crippen LogP contribution in [0, 0.1) is 11.3 Å². The summed E-state index contributed by atoms with van der Waals surface area (Å²) in [6, 6.07) is 0.307. The minimum Gasteiger partial charge on any atom is -0.361 e. The number of rotatable bonds is 1. The Hall–Kier alpha value is -1.19. The second-order valence-electron chi connectivity index (χ2n) is 6.05. The van der Waals surface area contributed by atoms with E-state index >= 15 is 0 Å². The van der Waals surface area contributed by atoms with Crippen molar-refractivity contribution in [1.29, 1.82) is 0 Å². The van der Waals surface area contributed by atoms with Gasteiger partial charge in [-0.25, -0.2) is 8.78 Å². The predicted molar refractivity (Wildman–Crippen MR) is 65.5 cm³/mol. The molecule has 4 rings (SSSR count). The molecule has 96 valence electrons. The van der Waals surface area contributed by atoms with Crippen molar-refractivity contribution >= 4 is 6.21 Å². The van der Waals surface area contributed by atoms with Gasteiger partial charge in [-0.15, -0.1) is 0 Å². The molecule has 0 aromatic rings. The number of allylic oxidation sites excluding steroid dienone is 2. The third-order valence-corrected chi connectivity index (χ3v) is 5.01. The van der Waals surface area contributed by atoms with Gasteiger partial charge in [0.05, 0.1) is 11.5 Å². The molecule has 1 saturated carbocycles. The van der Waals surface area contributed by atoms with Crippen LogP contribution in [0.1, 0.15) is 32.6 Å². The van der Waals surface area contributed by atoms with E-state index in [4.69, 9.17) is 0 Å². The number of aliphatic imine (C=N–C) groups is 1. The Morgan fingerprint density at radius 3 is 3.11 bits per heavy atom. The Morgan fingerprint density at radius 2 is 2.33 bits per heavy atom. The van der Waals surface area contributed by atoms with Gasteiger partial charge in [0.15, 0.2) is 0 Å². The van der Waals surface area contributed by atoms with Gasteiger partial charge in [0, 0.05) is 23.5 Å². The first-order valence-electron chi connectivity index (χ1n) is 6.63. The van der Waals surface area contributed by atoms with Crippen molar-refractivity contribution in [3.63, 3.8) is 0 Å². The summed E-state index contributed by atoms with van der Waals surface area (Å²) in [6.45, 7) is 1.06. The number of dihydropyridines is 1. The molecule has 0 aromatic heterocycles. The molecule has 0 aromatic carbocycles. The standard InChI is InChI=1S/C14H16F2N2/c1-13(15,16)8-2-3-10-9(6-8)14-7-12(14)17-5-4-11(14)18-10/h4-5,8,12,18H,2-3,6-7H2,1H3. The first-order valence-corrected chi connectivity index (χ1v) is 6.63. The highest BCUT2D eigenvalue weighted by Crippen LogP contribution is 2.66. The normalized spacial score (nSPS) is 40.7. The maximum absolute atomic E-state index is 13.5. The van der Waals surface area contributed by atoms with E-state index in [1.807, 2.05) is 12.3 Å². The van der Waals surface area contributed by atoms with Crippen LogP contribution < -0.4 is 5.32 Å². The Balaban J connectivity index is 1.70. The van der Waals surface area contributed by atoms with Crippen LogP contribution in [0.2, 0.25) is 0 Å². The first-order chi connectivity index (χ1) is 8.52. The molecule has 1 fully saturated rings. The quantitative estimate of drug-likeness (QED) is 0.760. The molecule has 0 amide bonds. The molecule has 2 nitrogen and oxygen atoms in total. The fourth-order valence-corrected chi connectivity index (χ4v) is 3.85. The van der Waals surface area contributed by atoms with Gasteiger partial charge in [-0.2, -0.15) is 0 Å². The SMILES string of the molecule is CC(F)(F)C1CCC2=C(C1)C13CC1N=CC=C3N2. The highest BCUT2D eigenvalue weighted by atomic mass is 19.3. The van der Waals surface area contributed by atoms with Crippen LogP contribution in [-0.4, -0.2) is 18.2 Å². The number of hydrogen-bond donors (Lipinski definition) is 1. The van der Waals surface area contributed by atoms with E-state index in [-0.39, 0.29) is 5.41 Å². The first kappa shape index (κ1) is 10.7. The van der Waals surface area contributed by atoms with Gasteiger partial charge in [0.2, 0.25) is 5.92 Å². The minimum absolute atomic E-state index is 0.00595. The molecule has 0 bridgehead atoms. The zero-order chi connectivity index (χ0) is 12.5. The van der Waals surface area contributed by atoms with Crippen molar-refractivity contribution < 1.29 is 8.78 Å². The van der Waals surface area contributed by atoms with E-state index in [1.54, 1.807) is 0 Å². The van der Waals surface area contributed by atoms with Crippen molar-refractivity contribution in [3.8, 4) is 0 Å². The lowest BCUT2D eigenvalue weighted by Crippen LogP contribution is -2.28. The molecule has 4 aliphatic rings. The van der Waals surface area contributed by atoms with E-state index in [2.05, 4.69) is 10.3 Å². The van der Waals surface area contributed by atoms with Crippen molar-refractivity contribution in [2.45, 2.75) is 44.6 Å². The molecule has 1 spiro atoms. The Kier molecular flexibility index (Phi) is 1.80. The number of nitrogens with zero attached hydrogens (tertiary/aromatic N) is 1. The zero-order valence-corrected chi connectivity index (χ0v) is 10.3. The maximum Gasteiger partial charge on any atom is 0.248 e. The van der Waals surface area contributed by atoms with Gasteiger partial charge in [-0.05, 0) is 44.3 Å². The monoisotopic (exact) mass is 250 g/mol. The van der Waals surface area contributed by atoms with E-state index < -0.39 is 11.8 Å². The van der Waals surface area contributed by atoms with E-state index in [9.17, 15) is 8.78 Å². The molecule has 0 saturated heterocycles. The largest absolute Gasteiger partial charge is 0.361 e. The maximum atomic E-state index is 13.5. The molecule has 3 unspecified atom stereocenters. The topological polar surface area (TPSA) is 24.4 Å². The summed E-state index contributed by atoms with van der Waals surface area (Å²) in [5, 5.41) is 3.45. The van der Waals surface area contributed by atoms with Crippen molar-refractivity contribution in [2.24, 2.45) is 16.3 Å². The van der Waals surface area contributed by atoms with Crippen LogP contribution in [-0.2, 0) is 0 Å². The lowest BCUT2D eigenvalue weighted by atomic mass is 9.78. The van der Waals surface area contributed by atoms with Crippen LogP contribution in [0.25, 0.3) is 0 Å². The second-order valence-corrected chi connectivity index (χ2v) is 6.05. The van der Waals surface area contributed by atoms with Crippen LogP contribution in [0.4, 0.5) is 8.78 Å². The molecular weight excluding hydrogens is 234 g/mol. The van der Waals surface area contributed by atoms with Crippen molar-refractivity contribution in [3.05, 3.63) is 23.0 Å². The van der Waals surface area contributed by atoms with Crippen LogP contribution in [0.5, 0.6) is 0 Å². The summed E-state index contributed by atoms with van der Waals surface area (Å²) in [5.41, 5.74) is 3.63. The average Bonchev–Trinajstić information content (AvgIpc) is 2.96. The molecule has 3 atom stereocenters. The third kappa shape index (κ3) is 1.19. The number of halogens is 2. The zero-order valence-electron chi connectivity index (χ0n) is 10.3. The minimum atomic E-state index is -2.57. The molecule has 2 heterocycles. The van der Waals surface area contributed by atoms with E-state index in [0.29, 0.717) is 18.9 Å². The summed E-state index contributed by atoms with van der Waals surface area (Å²) < 4.78 is 27.1. The summed E-state index contributed by atoms with van der Waals surface area (Å²) >= 11 is 0.